The van der Waals surface area contributed by atoms with E-state index in [0.717, 1.165) is 19.4 Å². The van der Waals surface area contributed by atoms with Crippen molar-refractivity contribution in [2.24, 2.45) is 0 Å². The minimum atomic E-state index is -0.156. The standard InChI is InChI=1S/C13H21NO/c1-13(2,11-15)14-10-6-9-12-7-4-3-5-8-12/h3-5,7-8,14-15H,6,9-11H2,1-2H3. The van der Waals surface area contributed by atoms with Gasteiger partial charge in [-0.15, -0.1) is 0 Å². The van der Waals surface area contributed by atoms with Gasteiger partial charge in [0.15, 0.2) is 0 Å². The molecule has 0 amide bonds. The molecule has 0 aliphatic carbocycles. The summed E-state index contributed by atoms with van der Waals surface area (Å²) >= 11 is 0. The molecule has 1 rings (SSSR count). The molecular weight excluding hydrogens is 186 g/mol. The molecule has 0 radical (unpaired) electrons. The Labute approximate surface area is 92.3 Å². The van der Waals surface area contributed by atoms with E-state index >= 15 is 0 Å². The highest BCUT2D eigenvalue weighted by atomic mass is 16.3. The predicted octanol–water partition coefficient (Wildman–Crippen LogP) is 1.98. The number of rotatable bonds is 6. The SMILES string of the molecule is CC(C)(CO)NCCCc1ccccc1. The van der Waals surface area contributed by atoms with Crippen LogP contribution in [0.15, 0.2) is 30.3 Å². The molecule has 1 aromatic rings. The first kappa shape index (κ1) is 12.2. The summed E-state index contributed by atoms with van der Waals surface area (Å²) in [5, 5.41) is 12.4. The van der Waals surface area contributed by atoms with E-state index in [2.05, 4.69) is 29.6 Å². The lowest BCUT2D eigenvalue weighted by Gasteiger charge is -2.23. The van der Waals surface area contributed by atoms with Crippen LogP contribution in [-0.2, 0) is 6.42 Å². The minimum Gasteiger partial charge on any atom is -0.394 e. The van der Waals surface area contributed by atoms with Crippen molar-refractivity contribution in [3.63, 3.8) is 0 Å². The maximum absolute atomic E-state index is 9.05. The zero-order chi connectivity index (χ0) is 11.1. The number of benzene rings is 1. The van der Waals surface area contributed by atoms with Crippen LogP contribution < -0.4 is 5.32 Å². The quantitative estimate of drug-likeness (QED) is 0.699. The van der Waals surface area contributed by atoms with Crippen molar-refractivity contribution in [1.82, 2.24) is 5.32 Å². The van der Waals surface area contributed by atoms with Crippen LogP contribution >= 0.6 is 0 Å². The number of aliphatic hydroxyl groups is 1. The Morgan fingerprint density at radius 2 is 1.87 bits per heavy atom. The van der Waals surface area contributed by atoms with Crippen LogP contribution in [0.25, 0.3) is 0 Å². The second-order valence-corrected chi connectivity index (χ2v) is 4.56. The molecule has 0 spiro atoms. The molecule has 2 heteroatoms. The lowest BCUT2D eigenvalue weighted by atomic mass is 10.1. The van der Waals surface area contributed by atoms with Crippen LogP contribution in [0.1, 0.15) is 25.8 Å². The fourth-order valence-corrected chi connectivity index (χ4v) is 1.42. The fourth-order valence-electron chi connectivity index (χ4n) is 1.42. The first-order valence-corrected chi connectivity index (χ1v) is 5.54. The highest BCUT2D eigenvalue weighted by molar-refractivity contribution is 5.14. The first-order valence-electron chi connectivity index (χ1n) is 5.54. The smallest absolute Gasteiger partial charge is 0.0607 e. The molecule has 0 heterocycles. The number of aliphatic hydroxyl groups excluding tert-OH is 1. The molecule has 0 bridgehead atoms. The van der Waals surface area contributed by atoms with Gasteiger partial charge in [0.05, 0.1) is 6.61 Å². The van der Waals surface area contributed by atoms with E-state index in [0.29, 0.717) is 0 Å². The molecule has 0 saturated carbocycles. The van der Waals surface area contributed by atoms with Crippen molar-refractivity contribution in [2.45, 2.75) is 32.2 Å². The molecule has 0 aromatic heterocycles. The zero-order valence-electron chi connectivity index (χ0n) is 9.66. The summed E-state index contributed by atoms with van der Waals surface area (Å²) in [6.07, 6.45) is 2.20. The van der Waals surface area contributed by atoms with Crippen molar-refractivity contribution < 1.29 is 5.11 Å². The Balaban J connectivity index is 2.18. The average molecular weight is 207 g/mol. The van der Waals surface area contributed by atoms with Crippen LogP contribution in [0.2, 0.25) is 0 Å². The maximum atomic E-state index is 9.05. The van der Waals surface area contributed by atoms with Gasteiger partial charge >= 0.3 is 0 Å². The largest absolute Gasteiger partial charge is 0.394 e. The van der Waals surface area contributed by atoms with Crippen molar-refractivity contribution in [2.75, 3.05) is 13.2 Å². The average Bonchev–Trinajstić information content (AvgIpc) is 2.26. The molecule has 0 fully saturated rings. The molecular formula is C13H21NO. The second-order valence-electron chi connectivity index (χ2n) is 4.56. The predicted molar refractivity (Wildman–Crippen MR) is 63.9 cm³/mol. The van der Waals surface area contributed by atoms with Gasteiger partial charge in [0.1, 0.15) is 0 Å². The van der Waals surface area contributed by atoms with E-state index in [1.807, 2.05) is 19.9 Å². The van der Waals surface area contributed by atoms with E-state index in [1.165, 1.54) is 5.56 Å². The van der Waals surface area contributed by atoms with Crippen molar-refractivity contribution in [1.29, 1.82) is 0 Å². The molecule has 2 N–H and O–H groups in total. The van der Waals surface area contributed by atoms with Gasteiger partial charge in [-0.25, -0.2) is 0 Å². The molecule has 84 valence electrons. The molecule has 0 aliphatic heterocycles. The summed E-state index contributed by atoms with van der Waals surface area (Å²) in [5.74, 6) is 0. The third-order valence-electron chi connectivity index (χ3n) is 2.48. The Morgan fingerprint density at radius 3 is 2.47 bits per heavy atom. The van der Waals surface area contributed by atoms with Gasteiger partial charge in [0.2, 0.25) is 0 Å². The molecule has 15 heavy (non-hydrogen) atoms. The summed E-state index contributed by atoms with van der Waals surface area (Å²) in [5.41, 5.74) is 1.22. The Morgan fingerprint density at radius 1 is 1.20 bits per heavy atom. The van der Waals surface area contributed by atoms with Crippen LogP contribution in [0.4, 0.5) is 0 Å². The number of aryl methyl sites for hydroxylation is 1. The topological polar surface area (TPSA) is 32.3 Å². The lowest BCUT2D eigenvalue weighted by Crippen LogP contribution is -2.43. The third-order valence-corrected chi connectivity index (χ3v) is 2.48. The summed E-state index contributed by atoms with van der Waals surface area (Å²) in [7, 11) is 0. The molecule has 2 nitrogen and oxygen atoms in total. The van der Waals surface area contributed by atoms with Crippen molar-refractivity contribution in [3.8, 4) is 0 Å². The maximum Gasteiger partial charge on any atom is 0.0607 e. The number of hydrogen-bond acceptors (Lipinski definition) is 2. The summed E-state index contributed by atoms with van der Waals surface area (Å²) in [4.78, 5) is 0. The molecule has 0 atom stereocenters. The van der Waals surface area contributed by atoms with Gasteiger partial charge < -0.3 is 10.4 Å². The van der Waals surface area contributed by atoms with Crippen molar-refractivity contribution in [3.05, 3.63) is 35.9 Å². The molecule has 1 aromatic carbocycles. The summed E-state index contributed by atoms with van der Waals surface area (Å²) < 4.78 is 0. The Hall–Kier alpha value is -0.860. The molecule has 0 aliphatic rings. The summed E-state index contributed by atoms with van der Waals surface area (Å²) in [6, 6.07) is 10.5. The normalized spacial score (nSPS) is 11.7. The second kappa shape index (κ2) is 5.89. The lowest BCUT2D eigenvalue weighted by molar-refractivity contribution is 0.188. The summed E-state index contributed by atoms with van der Waals surface area (Å²) in [6.45, 7) is 5.14. The van der Waals surface area contributed by atoms with E-state index in [9.17, 15) is 0 Å². The first-order chi connectivity index (χ1) is 7.14. The highest BCUT2D eigenvalue weighted by Gasteiger charge is 2.13. The van der Waals surface area contributed by atoms with Crippen LogP contribution in [-0.4, -0.2) is 23.8 Å². The van der Waals surface area contributed by atoms with Gasteiger partial charge in [-0.05, 0) is 38.8 Å². The fraction of sp³-hybridized carbons (Fsp3) is 0.538. The molecule has 0 saturated heterocycles. The highest BCUT2D eigenvalue weighted by Crippen LogP contribution is 2.03. The Kier molecular flexibility index (Phi) is 4.79. The van der Waals surface area contributed by atoms with E-state index in [1.54, 1.807) is 0 Å². The monoisotopic (exact) mass is 207 g/mol. The van der Waals surface area contributed by atoms with Gasteiger partial charge in [-0.1, -0.05) is 30.3 Å². The van der Waals surface area contributed by atoms with Crippen LogP contribution in [0, 0.1) is 0 Å². The van der Waals surface area contributed by atoms with E-state index in [4.69, 9.17) is 5.11 Å². The third kappa shape index (κ3) is 4.96. The van der Waals surface area contributed by atoms with Gasteiger partial charge in [-0.3, -0.25) is 0 Å². The number of nitrogens with one attached hydrogen (secondary N) is 1. The Bertz CT molecular complexity index is 269. The minimum absolute atomic E-state index is 0.156. The van der Waals surface area contributed by atoms with Gasteiger partial charge in [0, 0.05) is 5.54 Å². The molecule has 0 unspecified atom stereocenters. The number of hydrogen-bond donors (Lipinski definition) is 2. The van der Waals surface area contributed by atoms with Crippen molar-refractivity contribution >= 4 is 0 Å². The van der Waals surface area contributed by atoms with Gasteiger partial charge in [0.25, 0.3) is 0 Å². The van der Waals surface area contributed by atoms with Crippen LogP contribution in [0.5, 0.6) is 0 Å². The van der Waals surface area contributed by atoms with Crippen LogP contribution in [0.3, 0.4) is 0 Å². The van der Waals surface area contributed by atoms with E-state index in [-0.39, 0.29) is 12.1 Å². The van der Waals surface area contributed by atoms with Gasteiger partial charge in [-0.2, -0.15) is 0 Å². The zero-order valence-corrected chi connectivity index (χ0v) is 9.66. The van der Waals surface area contributed by atoms with E-state index < -0.39 is 0 Å².